The highest BCUT2D eigenvalue weighted by molar-refractivity contribution is 5.98. The van der Waals surface area contributed by atoms with Crippen molar-refractivity contribution < 1.29 is 4.79 Å². The highest BCUT2D eigenvalue weighted by Crippen LogP contribution is 2.30. The lowest BCUT2D eigenvalue weighted by atomic mass is 9.80. The number of hydrogen-bond donors (Lipinski definition) is 1. The topological polar surface area (TPSA) is 29.1 Å². The van der Waals surface area contributed by atoms with E-state index < -0.39 is 0 Å². The Labute approximate surface area is 119 Å². The van der Waals surface area contributed by atoms with Crippen LogP contribution in [0.15, 0.2) is 48.5 Å². The molecular formula is C18H19NO. The summed E-state index contributed by atoms with van der Waals surface area (Å²) in [5.41, 5.74) is 4.28. The van der Waals surface area contributed by atoms with Crippen LogP contribution in [-0.2, 0) is 0 Å². The van der Waals surface area contributed by atoms with Crippen LogP contribution in [0, 0.1) is 5.92 Å². The molecule has 1 aliphatic carbocycles. The van der Waals surface area contributed by atoms with Crippen molar-refractivity contribution >= 4 is 11.5 Å². The quantitative estimate of drug-likeness (QED) is 0.831. The molecule has 1 fully saturated rings. The number of Topliss-reactive ketones (excluding diaryl/α,β-unsaturated/α-hetero) is 1. The summed E-state index contributed by atoms with van der Waals surface area (Å²) in [6.07, 6.45) is 3.32. The van der Waals surface area contributed by atoms with Crippen molar-refractivity contribution in [1.82, 2.24) is 0 Å². The average Bonchev–Trinajstić information content (AvgIpc) is 2.46. The van der Waals surface area contributed by atoms with Crippen LogP contribution in [-0.4, -0.2) is 12.8 Å². The molecule has 102 valence electrons. The van der Waals surface area contributed by atoms with E-state index in [1.807, 2.05) is 31.3 Å². The van der Waals surface area contributed by atoms with E-state index in [1.165, 1.54) is 12.0 Å². The third kappa shape index (κ3) is 2.46. The zero-order chi connectivity index (χ0) is 13.9. The smallest absolute Gasteiger partial charge is 0.165 e. The summed E-state index contributed by atoms with van der Waals surface area (Å²) in [7, 11) is 1.91. The standard InChI is InChI=1S/C18H19NO/c1-19-17-11-9-14(10-12-17)13-5-7-16(8-6-13)18(20)15-3-2-4-15/h5-12,15,19H,2-4H2,1H3. The van der Waals surface area contributed by atoms with Crippen molar-refractivity contribution in [3.63, 3.8) is 0 Å². The lowest BCUT2D eigenvalue weighted by molar-refractivity contribution is 0.0855. The Morgan fingerprint density at radius 3 is 1.95 bits per heavy atom. The van der Waals surface area contributed by atoms with Crippen molar-refractivity contribution in [3.05, 3.63) is 54.1 Å². The van der Waals surface area contributed by atoms with Gasteiger partial charge < -0.3 is 5.32 Å². The van der Waals surface area contributed by atoms with Crippen LogP contribution >= 0.6 is 0 Å². The predicted octanol–water partition coefficient (Wildman–Crippen LogP) is 4.38. The number of benzene rings is 2. The van der Waals surface area contributed by atoms with E-state index in [4.69, 9.17) is 0 Å². The van der Waals surface area contributed by atoms with Gasteiger partial charge >= 0.3 is 0 Å². The Bertz CT molecular complexity index is 594. The van der Waals surface area contributed by atoms with Crippen molar-refractivity contribution in [2.75, 3.05) is 12.4 Å². The number of rotatable bonds is 4. The monoisotopic (exact) mass is 265 g/mol. The molecule has 1 N–H and O–H groups in total. The number of nitrogens with one attached hydrogen (secondary N) is 1. The zero-order valence-electron chi connectivity index (χ0n) is 11.7. The summed E-state index contributed by atoms with van der Waals surface area (Å²) in [5.74, 6) is 0.587. The molecule has 20 heavy (non-hydrogen) atoms. The molecular weight excluding hydrogens is 246 g/mol. The van der Waals surface area contributed by atoms with Crippen LogP contribution in [0.1, 0.15) is 29.6 Å². The number of carbonyl (C=O) groups excluding carboxylic acids is 1. The van der Waals surface area contributed by atoms with Gasteiger partial charge in [-0.05, 0) is 36.1 Å². The van der Waals surface area contributed by atoms with Gasteiger partial charge in [0, 0.05) is 24.2 Å². The van der Waals surface area contributed by atoms with Crippen molar-refractivity contribution in [3.8, 4) is 11.1 Å². The lowest BCUT2D eigenvalue weighted by Gasteiger charge is -2.23. The number of hydrogen-bond acceptors (Lipinski definition) is 2. The summed E-state index contributed by atoms with van der Waals surface area (Å²) in [6, 6.07) is 16.3. The fraction of sp³-hybridized carbons (Fsp3) is 0.278. The van der Waals surface area contributed by atoms with Crippen LogP contribution in [0.2, 0.25) is 0 Å². The molecule has 0 unspecified atom stereocenters. The molecule has 0 amide bonds. The van der Waals surface area contributed by atoms with E-state index in [0.717, 1.165) is 29.7 Å². The average molecular weight is 265 g/mol. The molecule has 2 aromatic rings. The maximum atomic E-state index is 12.1. The predicted molar refractivity (Wildman–Crippen MR) is 83.1 cm³/mol. The van der Waals surface area contributed by atoms with Gasteiger partial charge in [0.1, 0.15) is 0 Å². The number of anilines is 1. The fourth-order valence-corrected chi connectivity index (χ4v) is 2.56. The molecule has 0 aromatic heterocycles. The van der Waals surface area contributed by atoms with Gasteiger partial charge in [-0.3, -0.25) is 4.79 Å². The minimum atomic E-state index is 0.274. The van der Waals surface area contributed by atoms with Gasteiger partial charge in [-0.2, -0.15) is 0 Å². The molecule has 0 atom stereocenters. The minimum absolute atomic E-state index is 0.274. The van der Waals surface area contributed by atoms with Crippen LogP contribution in [0.3, 0.4) is 0 Å². The molecule has 0 heterocycles. The van der Waals surface area contributed by atoms with Gasteiger partial charge in [0.2, 0.25) is 0 Å². The van der Waals surface area contributed by atoms with Gasteiger partial charge in [0.15, 0.2) is 5.78 Å². The first kappa shape index (κ1) is 12.9. The van der Waals surface area contributed by atoms with Crippen molar-refractivity contribution in [1.29, 1.82) is 0 Å². The molecule has 0 saturated heterocycles. The molecule has 1 aliphatic rings. The minimum Gasteiger partial charge on any atom is -0.388 e. The Morgan fingerprint density at radius 2 is 1.50 bits per heavy atom. The molecule has 3 rings (SSSR count). The molecule has 2 nitrogen and oxygen atoms in total. The first-order chi connectivity index (χ1) is 9.78. The maximum absolute atomic E-state index is 12.1. The van der Waals surface area contributed by atoms with Gasteiger partial charge in [0.05, 0.1) is 0 Å². The van der Waals surface area contributed by atoms with Crippen LogP contribution in [0.5, 0.6) is 0 Å². The molecule has 1 saturated carbocycles. The highest BCUT2D eigenvalue weighted by atomic mass is 16.1. The van der Waals surface area contributed by atoms with E-state index >= 15 is 0 Å². The Balaban J connectivity index is 1.79. The third-order valence-electron chi connectivity index (χ3n) is 4.15. The van der Waals surface area contributed by atoms with Gasteiger partial charge in [-0.1, -0.05) is 42.8 Å². The number of ketones is 1. The Morgan fingerprint density at radius 1 is 0.950 bits per heavy atom. The lowest BCUT2D eigenvalue weighted by Crippen LogP contribution is -2.21. The molecule has 2 aromatic carbocycles. The molecule has 0 spiro atoms. The number of carbonyl (C=O) groups is 1. The Hall–Kier alpha value is -2.09. The summed E-state index contributed by atoms with van der Waals surface area (Å²) < 4.78 is 0. The zero-order valence-corrected chi connectivity index (χ0v) is 11.7. The highest BCUT2D eigenvalue weighted by Gasteiger charge is 2.25. The van der Waals surface area contributed by atoms with E-state index in [1.54, 1.807) is 0 Å². The summed E-state index contributed by atoms with van der Waals surface area (Å²) >= 11 is 0. The van der Waals surface area contributed by atoms with Gasteiger partial charge in [0.25, 0.3) is 0 Å². The van der Waals surface area contributed by atoms with Crippen LogP contribution in [0.25, 0.3) is 11.1 Å². The van der Waals surface area contributed by atoms with E-state index in [0.29, 0.717) is 5.78 Å². The first-order valence-corrected chi connectivity index (χ1v) is 7.20. The Kier molecular flexibility index (Phi) is 3.55. The maximum Gasteiger partial charge on any atom is 0.165 e. The molecule has 0 aliphatic heterocycles. The summed E-state index contributed by atoms with van der Waals surface area (Å²) in [6.45, 7) is 0. The second kappa shape index (κ2) is 5.49. The normalized spacial score (nSPS) is 14.7. The van der Waals surface area contributed by atoms with E-state index in [9.17, 15) is 4.79 Å². The SMILES string of the molecule is CNc1ccc(-c2ccc(C(=O)C3CCC3)cc2)cc1. The van der Waals surface area contributed by atoms with E-state index in [-0.39, 0.29) is 5.92 Å². The van der Waals surface area contributed by atoms with Gasteiger partial charge in [-0.15, -0.1) is 0 Å². The molecule has 0 radical (unpaired) electrons. The van der Waals surface area contributed by atoms with Crippen LogP contribution in [0.4, 0.5) is 5.69 Å². The summed E-state index contributed by atoms with van der Waals surface area (Å²) in [4.78, 5) is 12.1. The van der Waals surface area contributed by atoms with Gasteiger partial charge in [-0.25, -0.2) is 0 Å². The third-order valence-corrected chi connectivity index (χ3v) is 4.15. The first-order valence-electron chi connectivity index (χ1n) is 7.20. The van der Waals surface area contributed by atoms with Crippen LogP contribution < -0.4 is 5.32 Å². The molecule has 0 bridgehead atoms. The van der Waals surface area contributed by atoms with Crippen molar-refractivity contribution in [2.45, 2.75) is 19.3 Å². The summed E-state index contributed by atoms with van der Waals surface area (Å²) in [5, 5.41) is 3.11. The van der Waals surface area contributed by atoms with Crippen molar-refractivity contribution in [2.24, 2.45) is 5.92 Å². The molecule has 2 heteroatoms. The second-order valence-electron chi connectivity index (χ2n) is 5.40. The van der Waals surface area contributed by atoms with E-state index in [2.05, 4.69) is 29.6 Å². The second-order valence-corrected chi connectivity index (χ2v) is 5.40. The largest absolute Gasteiger partial charge is 0.388 e. The fourth-order valence-electron chi connectivity index (χ4n) is 2.56.